The summed E-state index contributed by atoms with van der Waals surface area (Å²) >= 11 is 0. The standard InChI is InChI=1S/C16H15FN4O/c1-10-3-4-11(2)21(10)14-9-18-20-15(14)16(22)19-13-7-5-12(17)6-8-13/h3-10H,1-2H3,(H-,18,19,20,22)/p+1. The summed E-state index contributed by atoms with van der Waals surface area (Å²) in [6.45, 7) is 4.02. The predicted molar refractivity (Wildman–Crippen MR) is 82.1 cm³/mol. The maximum Gasteiger partial charge on any atom is 0.280 e. The Balaban J connectivity index is 1.87. The van der Waals surface area contributed by atoms with Gasteiger partial charge in [0.05, 0.1) is 0 Å². The van der Waals surface area contributed by atoms with E-state index in [4.69, 9.17) is 0 Å². The summed E-state index contributed by atoms with van der Waals surface area (Å²) in [6.07, 6.45) is 5.70. The van der Waals surface area contributed by atoms with E-state index < -0.39 is 0 Å². The third-order valence-electron chi connectivity index (χ3n) is 3.61. The second kappa shape index (κ2) is 5.55. The fraction of sp³-hybridized carbons (Fsp3) is 0.188. The molecule has 0 radical (unpaired) electrons. The van der Waals surface area contributed by atoms with Crippen LogP contribution in [0, 0.1) is 5.82 Å². The van der Waals surface area contributed by atoms with Crippen LogP contribution >= 0.6 is 0 Å². The zero-order valence-corrected chi connectivity index (χ0v) is 12.3. The number of aromatic nitrogens is 2. The van der Waals surface area contributed by atoms with Crippen LogP contribution in [-0.2, 0) is 0 Å². The number of halogens is 1. The van der Waals surface area contributed by atoms with Crippen LogP contribution in [0.25, 0.3) is 0 Å². The number of rotatable bonds is 3. The molecule has 1 unspecified atom stereocenters. The summed E-state index contributed by atoms with van der Waals surface area (Å²) in [4.78, 5) is 12.4. The highest BCUT2D eigenvalue weighted by molar-refractivity contribution is 6.06. The van der Waals surface area contributed by atoms with E-state index in [2.05, 4.69) is 21.6 Å². The number of benzene rings is 1. The Morgan fingerprint density at radius 2 is 2.09 bits per heavy atom. The Morgan fingerprint density at radius 3 is 2.73 bits per heavy atom. The average Bonchev–Trinajstić information content (AvgIpc) is 3.08. The zero-order valence-electron chi connectivity index (χ0n) is 12.3. The van der Waals surface area contributed by atoms with Gasteiger partial charge in [-0.05, 0) is 30.3 Å². The first kappa shape index (κ1) is 14.2. The molecule has 0 aliphatic carbocycles. The van der Waals surface area contributed by atoms with E-state index in [1.165, 1.54) is 24.3 Å². The highest BCUT2D eigenvalue weighted by atomic mass is 19.1. The minimum atomic E-state index is -0.345. The van der Waals surface area contributed by atoms with Gasteiger partial charge in [-0.15, -0.1) is 0 Å². The highest BCUT2D eigenvalue weighted by Gasteiger charge is 2.30. The molecule has 1 atom stereocenters. The van der Waals surface area contributed by atoms with Gasteiger partial charge in [0.15, 0.2) is 17.4 Å². The summed E-state index contributed by atoms with van der Waals surface area (Å²) in [7, 11) is 0. The Labute approximate surface area is 127 Å². The average molecular weight is 299 g/mol. The van der Waals surface area contributed by atoms with E-state index in [9.17, 15) is 9.18 Å². The lowest BCUT2D eigenvalue weighted by molar-refractivity contribution is -0.462. The lowest BCUT2D eigenvalue weighted by Crippen LogP contribution is -2.20. The number of allylic oxidation sites excluding steroid dienone is 1. The minimum absolute atomic E-state index is 0.162. The van der Waals surface area contributed by atoms with Crippen LogP contribution in [0.5, 0.6) is 0 Å². The summed E-state index contributed by atoms with van der Waals surface area (Å²) in [5.74, 6) is -0.659. The van der Waals surface area contributed by atoms with E-state index in [1.807, 2.05) is 24.5 Å². The number of nitrogens with one attached hydrogen (secondary N) is 2. The maximum absolute atomic E-state index is 12.9. The van der Waals surface area contributed by atoms with Gasteiger partial charge in [-0.2, -0.15) is 9.67 Å². The van der Waals surface area contributed by atoms with Gasteiger partial charge in [0.25, 0.3) is 11.6 Å². The number of H-pyrrole nitrogens is 1. The van der Waals surface area contributed by atoms with Gasteiger partial charge in [-0.25, -0.2) is 4.39 Å². The van der Waals surface area contributed by atoms with Crippen molar-refractivity contribution in [1.29, 1.82) is 0 Å². The van der Waals surface area contributed by atoms with Crippen molar-refractivity contribution < 1.29 is 13.8 Å². The number of carbonyl (C=O) groups is 1. The number of nitrogens with zero attached hydrogens (tertiary/aromatic N) is 2. The van der Waals surface area contributed by atoms with Crippen LogP contribution in [0.1, 0.15) is 24.3 Å². The first-order valence-corrected chi connectivity index (χ1v) is 6.97. The van der Waals surface area contributed by atoms with Gasteiger partial charge >= 0.3 is 0 Å². The molecule has 2 aromatic rings. The van der Waals surface area contributed by atoms with Gasteiger partial charge in [0.1, 0.15) is 12.0 Å². The summed E-state index contributed by atoms with van der Waals surface area (Å²) in [5.41, 5.74) is 2.67. The number of carbonyl (C=O) groups excluding carboxylic acids is 1. The molecule has 5 nitrogen and oxygen atoms in total. The van der Waals surface area contributed by atoms with Gasteiger partial charge in [0.2, 0.25) is 0 Å². The van der Waals surface area contributed by atoms with Crippen LogP contribution in [0.15, 0.2) is 42.6 Å². The molecule has 0 saturated carbocycles. The number of aromatic amines is 1. The van der Waals surface area contributed by atoms with Gasteiger partial charge in [0, 0.05) is 25.6 Å². The van der Waals surface area contributed by atoms with Crippen molar-refractivity contribution in [3.8, 4) is 0 Å². The lowest BCUT2D eigenvalue weighted by atomic mass is 10.2. The Kier molecular flexibility index (Phi) is 3.58. The van der Waals surface area contributed by atoms with E-state index in [0.29, 0.717) is 11.4 Å². The summed E-state index contributed by atoms with van der Waals surface area (Å²) < 4.78 is 14.9. The smallest absolute Gasteiger partial charge is 0.280 e. The Morgan fingerprint density at radius 1 is 1.36 bits per heavy atom. The molecule has 1 aliphatic heterocycles. The molecular formula is C16H16FN4O+. The van der Waals surface area contributed by atoms with Crippen LogP contribution in [0.2, 0.25) is 0 Å². The largest absolute Gasteiger partial charge is 0.320 e. The van der Waals surface area contributed by atoms with Gasteiger partial charge in [-0.3, -0.25) is 9.89 Å². The molecule has 0 spiro atoms. The predicted octanol–water partition coefficient (Wildman–Crippen LogP) is 2.86. The first-order valence-electron chi connectivity index (χ1n) is 6.97. The molecular weight excluding hydrogens is 283 g/mol. The lowest BCUT2D eigenvalue weighted by Gasteiger charge is -2.07. The van der Waals surface area contributed by atoms with Crippen molar-refractivity contribution in [2.24, 2.45) is 0 Å². The zero-order chi connectivity index (χ0) is 15.7. The van der Waals surface area contributed by atoms with Crippen LogP contribution < -0.4 is 5.32 Å². The molecule has 1 aliphatic rings. The minimum Gasteiger partial charge on any atom is -0.320 e. The quantitative estimate of drug-likeness (QED) is 0.856. The first-order chi connectivity index (χ1) is 10.6. The van der Waals surface area contributed by atoms with E-state index in [1.54, 1.807) is 6.20 Å². The molecule has 112 valence electrons. The molecule has 1 amide bonds. The van der Waals surface area contributed by atoms with Crippen molar-refractivity contribution in [3.05, 3.63) is 54.1 Å². The number of hydrogen-bond donors (Lipinski definition) is 2. The molecule has 0 saturated heterocycles. The van der Waals surface area contributed by atoms with Crippen LogP contribution in [0.3, 0.4) is 0 Å². The van der Waals surface area contributed by atoms with Crippen LogP contribution in [-0.4, -0.2) is 32.4 Å². The maximum atomic E-state index is 12.9. The third-order valence-corrected chi connectivity index (χ3v) is 3.61. The van der Waals surface area contributed by atoms with Crippen molar-refractivity contribution in [2.45, 2.75) is 19.9 Å². The van der Waals surface area contributed by atoms with E-state index >= 15 is 0 Å². The topological polar surface area (TPSA) is 60.8 Å². The van der Waals surface area contributed by atoms with Gasteiger partial charge in [-0.1, -0.05) is 0 Å². The Bertz CT molecular complexity index is 774. The highest BCUT2D eigenvalue weighted by Crippen LogP contribution is 2.23. The monoisotopic (exact) mass is 299 g/mol. The molecule has 2 heterocycles. The molecule has 22 heavy (non-hydrogen) atoms. The van der Waals surface area contributed by atoms with Crippen molar-refractivity contribution in [3.63, 3.8) is 0 Å². The second-order valence-electron chi connectivity index (χ2n) is 5.20. The van der Waals surface area contributed by atoms with E-state index in [-0.39, 0.29) is 17.8 Å². The second-order valence-corrected chi connectivity index (χ2v) is 5.20. The molecule has 6 heteroatoms. The number of anilines is 1. The fourth-order valence-electron chi connectivity index (χ4n) is 2.53. The van der Waals surface area contributed by atoms with Gasteiger partial charge < -0.3 is 5.32 Å². The summed E-state index contributed by atoms with van der Waals surface area (Å²) in [6, 6.07) is 5.79. The summed E-state index contributed by atoms with van der Waals surface area (Å²) in [5, 5.41) is 9.45. The van der Waals surface area contributed by atoms with Crippen molar-refractivity contribution >= 4 is 23.0 Å². The van der Waals surface area contributed by atoms with E-state index in [0.717, 1.165) is 11.4 Å². The molecule has 1 aromatic carbocycles. The molecule has 1 aromatic heterocycles. The molecule has 0 bridgehead atoms. The molecule has 2 N–H and O–H groups in total. The third kappa shape index (κ3) is 2.55. The molecule has 0 fully saturated rings. The fourth-order valence-corrected chi connectivity index (χ4v) is 2.53. The number of amides is 1. The van der Waals surface area contributed by atoms with Crippen molar-refractivity contribution in [1.82, 2.24) is 10.2 Å². The Hall–Kier alpha value is -2.76. The normalized spacial score (nSPS) is 17.1. The number of hydrogen-bond acceptors (Lipinski definition) is 2. The van der Waals surface area contributed by atoms with Crippen molar-refractivity contribution in [2.75, 3.05) is 5.32 Å². The molecule has 3 rings (SSSR count). The SMILES string of the molecule is CC1=[N+](c2cn[nH]c2C(=O)Nc2ccc(F)cc2)C(C)C=C1. The van der Waals surface area contributed by atoms with Crippen LogP contribution in [0.4, 0.5) is 15.8 Å².